The molecule has 1 unspecified atom stereocenters. The molecule has 134 valence electrons. The van der Waals surface area contributed by atoms with Gasteiger partial charge < -0.3 is 10.6 Å². The van der Waals surface area contributed by atoms with Gasteiger partial charge in [-0.3, -0.25) is 4.99 Å². The monoisotopic (exact) mass is 455 g/mol. The minimum absolute atomic E-state index is 0. The molecule has 0 aromatic carbocycles. The molecule has 2 rings (SSSR count). The normalized spacial score (nSPS) is 23.8. The lowest BCUT2D eigenvalue weighted by Crippen LogP contribution is -2.38. The van der Waals surface area contributed by atoms with E-state index in [1.54, 1.807) is 5.57 Å². The van der Waals surface area contributed by atoms with Crippen molar-refractivity contribution in [3.63, 3.8) is 0 Å². The zero-order valence-corrected chi connectivity index (χ0v) is 17.2. The van der Waals surface area contributed by atoms with E-state index >= 15 is 0 Å². The van der Waals surface area contributed by atoms with E-state index in [-0.39, 0.29) is 29.9 Å². The Labute approximate surface area is 157 Å². The van der Waals surface area contributed by atoms with Crippen LogP contribution in [0.4, 0.5) is 0 Å². The highest BCUT2D eigenvalue weighted by Crippen LogP contribution is 2.19. The second-order valence-corrected chi connectivity index (χ2v) is 8.50. The lowest BCUT2D eigenvalue weighted by Gasteiger charge is -2.15. The Bertz CT molecular complexity index is 517. The van der Waals surface area contributed by atoms with Crippen LogP contribution in [-0.2, 0) is 9.84 Å². The van der Waals surface area contributed by atoms with Gasteiger partial charge in [0.15, 0.2) is 15.8 Å². The topological polar surface area (TPSA) is 70.6 Å². The number of guanidine groups is 1. The molecule has 2 N–H and O–H groups in total. The number of hydrogen-bond acceptors (Lipinski definition) is 3. The third-order valence-electron chi connectivity index (χ3n) is 4.30. The molecule has 1 atom stereocenters. The number of rotatable bonds is 6. The van der Waals surface area contributed by atoms with E-state index in [1.165, 1.54) is 25.7 Å². The predicted octanol–water partition coefficient (Wildman–Crippen LogP) is 2.48. The maximum absolute atomic E-state index is 11.5. The fraction of sp³-hybridized carbons (Fsp3) is 0.812. The number of aliphatic imine (C=N–C) groups is 1. The van der Waals surface area contributed by atoms with Crippen molar-refractivity contribution < 1.29 is 8.42 Å². The Kier molecular flexibility index (Phi) is 9.50. The predicted molar refractivity (Wildman–Crippen MR) is 107 cm³/mol. The molecule has 1 saturated heterocycles. The van der Waals surface area contributed by atoms with Crippen molar-refractivity contribution in [2.24, 2.45) is 10.9 Å². The molecule has 1 aliphatic carbocycles. The first kappa shape index (κ1) is 20.7. The molecule has 1 heterocycles. The van der Waals surface area contributed by atoms with Crippen molar-refractivity contribution in [3.8, 4) is 0 Å². The second kappa shape index (κ2) is 10.5. The van der Waals surface area contributed by atoms with Crippen molar-refractivity contribution in [1.29, 1.82) is 0 Å². The van der Waals surface area contributed by atoms with Crippen molar-refractivity contribution in [2.45, 2.75) is 45.4 Å². The SMILES string of the molecule is CCNC(=NCC1CCS(=O)(=O)C1)NCCC1=CCCCC1.I. The zero-order valence-electron chi connectivity index (χ0n) is 14.0. The van der Waals surface area contributed by atoms with Crippen LogP contribution < -0.4 is 10.6 Å². The van der Waals surface area contributed by atoms with Gasteiger partial charge in [-0.15, -0.1) is 24.0 Å². The van der Waals surface area contributed by atoms with Crippen LogP contribution in [0.2, 0.25) is 0 Å². The summed E-state index contributed by atoms with van der Waals surface area (Å²) in [6, 6.07) is 0. The van der Waals surface area contributed by atoms with E-state index in [0.29, 0.717) is 18.1 Å². The van der Waals surface area contributed by atoms with Crippen LogP contribution in [0.15, 0.2) is 16.6 Å². The average molecular weight is 455 g/mol. The van der Waals surface area contributed by atoms with Crippen LogP contribution in [0, 0.1) is 5.92 Å². The molecule has 0 bridgehead atoms. The van der Waals surface area contributed by atoms with Gasteiger partial charge in [0.25, 0.3) is 0 Å². The second-order valence-electron chi connectivity index (χ2n) is 6.27. The molecular weight excluding hydrogens is 425 g/mol. The highest BCUT2D eigenvalue weighted by molar-refractivity contribution is 14.0. The summed E-state index contributed by atoms with van der Waals surface area (Å²) in [5.74, 6) is 1.61. The largest absolute Gasteiger partial charge is 0.357 e. The van der Waals surface area contributed by atoms with E-state index in [1.807, 2.05) is 6.92 Å². The van der Waals surface area contributed by atoms with E-state index in [2.05, 4.69) is 21.7 Å². The molecule has 0 spiro atoms. The molecule has 1 aliphatic heterocycles. The minimum atomic E-state index is -2.80. The van der Waals surface area contributed by atoms with Crippen LogP contribution in [0.1, 0.15) is 45.4 Å². The van der Waals surface area contributed by atoms with Crippen molar-refractivity contribution >= 4 is 39.8 Å². The molecule has 2 aliphatic rings. The van der Waals surface area contributed by atoms with Gasteiger partial charge in [0.1, 0.15) is 0 Å². The van der Waals surface area contributed by atoms with Gasteiger partial charge in [0, 0.05) is 19.6 Å². The van der Waals surface area contributed by atoms with Crippen LogP contribution in [0.3, 0.4) is 0 Å². The molecule has 7 heteroatoms. The van der Waals surface area contributed by atoms with Gasteiger partial charge in [0.2, 0.25) is 0 Å². The maximum atomic E-state index is 11.5. The Morgan fingerprint density at radius 1 is 1.35 bits per heavy atom. The molecule has 0 saturated carbocycles. The molecule has 1 fully saturated rings. The Morgan fingerprint density at radius 3 is 2.78 bits per heavy atom. The summed E-state index contributed by atoms with van der Waals surface area (Å²) < 4.78 is 22.9. The van der Waals surface area contributed by atoms with Crippen LogP contribution in [-0.4, -0.2) is 45.5 Å². The molecule has 0 amide bonds. The van der Waals surface area contributed by atoms with E-state index in [0.717, 1.165) is 31.9 Å². The van der Waals surface area contributed by atoms with Gasteiger partial charge in [0.05, 0.1) is 11.5 Å². The number of allylic oxidation sites excluding steroid dienone is 1. The van der Waals surface area contributed by atoms with Crippen molar-refractivity contribution in [3.05, 3.63) is 11.6 Å². The van der Waals surface area contributed by atoms with Gasteiger partial charge in [-0.2, -0.15) is 0 Å². The number of sulfone groups is 1. The summed E-state index contributed by atoms with van der Waals surface area (Å²) in [6.45, 7) is 4.34. The summed E-state index contributed by atoms with van der Waals surface area (Å²) in [5.41, 5.74) is 1.55. The Morgan fingerprint density at radius 2 is 2.17 bits per heavy atom. The molecule has 0 aromatic rings. The van der Waals surface area contributed by atoms with Crippen molar-refractivity contribution in [1.82, 2.24) is 10.6 Å². The van der Waals surface area contributed by atoms with Crippen LogP contribution >= 0.6 is 24.0 Å². The highest BCUT2D eigenvalue weighted by Gasteiger charge is 2.27. The fourth-order valence-electron chi connectivity index (χ4n) is 3.05. The summed E-state index contributed by atoms with van der Waals surface area (Å²) >= 11 is 0. The zero-order chi connectivity index (χ0) is 15.8. The van der Waals surface area contributed by atoms with Crippen LogP contribution in [0.25, 0.3) is 0 Å². The molecule has 0 radical (unpaired) electrons. The summed E-state index contributed by atoms with van der Waals surface area (Å²) in [7, 11) is -2.80. The number of halogens is 1. The molecule has 0 aromatic heterocycles. The Hall–Kier alpha value is -0.310. The quantitative estimate of drug-likeness (QED) is 0.280. The maximum Gasteiger partial charge on any atom is 0.191 e. The number of nitrogens with zero attached hydrogens (tertiary/aromatic N) is 1. The average Bonchev–Trinajstić information content (AvgIpc) is 2.85. The highest BCUT2D eigenvalue weighted by atomic mass is 127. The lowest BCUT2D eigenvalue weighted by molar-refractivity contribution is 0.589. The number of hydrogen-bond donors (Lipinski definition) is 2. The van der Waals surface area contributed by atoms with E-state index in [4.69, 9.17) is 0 Å². The minimum Gasteiger partial charge on any atom is -0.357 e. The van der Waals surface area contributed by atoms with Crippen LogP contribution in [0.5, 0.6) is 0 Å². The van der Waals surface area contributed by atoms with E-state index < -0.39 is 9.84 Å². The first-order valence-corrected chi connectivity index (χ1v) is 10.3. The third kappa shape index (κ3) is 7.87. The van der Waals surface area contributed by atoms with Gasteiger partial charge in [-0.1, -0.05) is 11.6 Å². The first-order chi connectivity index (χ1) is 10.6. The summed E-state index contributed by atoms with van der Waals surface area (Å²) in [6.07, 6.45) is 9.29. The molecular formula is C16H30IN3O2S. The number of nitrogens with one attached hydrogen (secondary N) is 2. The van der Waals surface area contributed by atoms with Gasteiger partial charge in [-0.25, -0.2) is 8.42 Å². The van der Waals surface area contributed by atoms with Crippen molar-refractivity contribution in [2.75, 3.05) is 31.1 Å². The molecule has 23 heavy (non-hydrogen) atoms. The van der Waals surface area contributed by atoms with Gasteiger partial charge >= 0.3 is 0 Å². The third-order valence-corrected chi connectivity index (χ3v) is 6.14. The first-order valence-electron chi connectivity index (χ1n) is 8.49. The summed E-state index contributed by atoms with van der Waals surface area (Å²) in [4.78, 5) is 4.55. The lowest BCUT2D eigenvalue weighted by atomic mass is 9.97. The standard InChI is InChI=1S/C16H29N3O2S.HI/c1-2-17-16(18-10-8-14-6-4-3-5-7-14)19-12-15-9-11-22(20,21)13-15;/h6,15H,2-5,7-13H2,1H3,(H2,17,18,19);1H. The van der Waals surface area contributed by atoms with E-state index in [9.17, 15) is 8.42 Å². The molecule has 5 nitrogen and oxygen atoms in total. The fourth-order valence-corrected chi connectivity index (χ4v) is 4.90. The Balaban J connectivity index is 0.00000264. The summed E-state index contributed by atoms with van der Waals surface area (Å²) in [5, 5.41) is 6.60. The smallest absolute Gasteiger partial charge is 0.191 e. The van der Waals surface area contributed by atoms with Gasteiger partial charge in [-0.05, 0) is 51.4 Å².